The van der Waals surface area contributed by atoms with Gasteiger partial charge in [-0.05, 0) is 29.7 Å². The highest BCUT2D eigenvalue weighted by molar-refractivity contribution is 5.82. The van der Waals surface area contributed by atoms with Crippen molar-refractivity contribution in [1.82, 2.24) is 9.88 Å². The quantitative estimate of drug-likeness (QED) is 0.562. The molecule has 0 bridgehead atoms. The molecule has 0 atom stereocenters. The van der Waals surface area contributed by atoms with E-state index in [-0.39, 0.29) is 5.91 Å². The van der Waals surface area contributed by atoms with Crippen LogP contribution < -0.4 is 0 Å². The third kappa shape index (κ3) is 5.53. The third-order valence-electron chi connectivity index (χ3n) is 4.94. The minimum absolute atomic E-state index is 0.177. The molecule has 0 aliphatic rings. The first-order valence-electron chi connectivity index (χ1n) is 9.82. The third-order valence-corrected chi connectivity index (χ3v) is 4.94. The first-order chi connectivity index (χ1) is 13.5. The van der Waals surface area contributed by atoms with Crippen LogP contribution in [-0.4, -0.2) is 22.3 Å². The SMILES string of the molecule is CC(C)(Cc1ccccc1)C(=O)N(CCc1ccccn1)Cc1ccccc1. The largest absolute Gasteiger partial charge is 0.338 e. The van der Waals surface area contributed by atoms with E-state index in [2.05, 4.69) is 29.2 Å². The number of pyridine rings is 1. The smallest absolute Gasteiger partial charge is 0.228 e. The molecule has 0 saturated heterocycles. The lowest BCUT2D eigenvalue weighted by atomic mass is 9.84. The Morgan fingerprint density at radius 2 is 1.46 bits per heavy atom. The van der Waals surface area contributed by atoms with E-state index in [9.17, 15) is 4.79 Å². The Kier molecular flexibility index (Phi) is 6.59. The van der Waals surface area contributed by atoms with Crippen LogP contribution in [0.5, 0.6) is 0 Å². The zero-order valence-electron chi connectivity index (χ0n) is 16.7. The van der Waals surface area contributed by atoms with Crippen molar-refractivity contribution >= 4 is 5.91 Å². The molecule has 1 heterocycles. The Morgan fingerprint density at radius 3 is 2.07 bits per heavy atom. The van der Waals surface area contributed by atoms with Gasteiger partial charge in [-0.2, -0.15) is 0 Å². The first kappa shape index (κ1) is 19.8. The number of carbonyl (C=O) groups is 1. The first-order valence-corrected chi connectivity index (χ1v) is 9.82. The Balaban J connectivity index is 1.76. The lowest BCUT2D eigenvalue weighted by Gasteiger charge is -2.32. The number of aromatic nitrogens is 1. The molecule has 0 aliphatic carbocycles. The lowest BCUT2D eigenvalue weighted by Crippen LogP contribution is -2.42. The molecule has 144 valence electrons. The molecule has 0 spiro atoms. The van der Waals surface area contributed by atoms with E-state index in [1.807, 2.05) is 73.3 Å². The van der Waals surface area contributed by atoms with Crippen LogP contribution in [0.25, 0.3) is 0 Å². The highest BCUT2D eigenvalue weighted by Gasteiger charge is 2.32. The highest BCUT2D eigenvalue weighted by Crippen LogP contribution is 2.26. The van der Waals surface area contributed by atoms with Gasteiger partial charge in [0.25, 0.3) is 0 Å². The van der Waals surface area contributed by atoms with Crippen molar-refractivity contribution in [2.75, 3.05) is 6.54 Å². The van der Waals surface area contributed by atoms with Crippen molar-refractivity contribution in [2.24, 2.45) is 5.41 Å². The Bertz CT molecular complexity index is 861. The number of carbonyl (C=O) groups excluding carboxylic acids is 1. The van der Waals surface area contributed by atoms with E-state index in [4.69, 9.17) is 0 Å². The topological polar surface area (TPSA) is 33.2 Å². The molecule has 3 aromatic rings. The summed E-state index contributed by atoms with van der Waals surface area (Å²) in [5.74, 6) is 0.177. The molecule has 0 fully saturated rings. The van der Waals surface area contributed by atoms with Crippen molar-refractivity contribution in [3.63, 3.8) is 0 Å². The molecule has 3 nitrogen and oxygen atoms in total. The molecule has 0 unspecified atom stereocenters. The fourth-order valence-corrected chi connectivity index (χ4v) is 3.46. The average molecular weight is 373 g/mol. The molecule has 1 amide bonds. The fraction of sp³-hybridized carbons (Fsp3) is 0.280. The van der Waals surface area contributed by atoms with Gasteiger partial charge in [0.15, 0.2) is 0 Å². The number of amides is 1. The van der Waals surface area contributed by atoms with Crippen LogP contribution in [0.4, 0.5) is 0 Å². The van der Waals surface area contributed by atoms with Crippen LogP contribution >= 0.6 is 0 Å². The molecule has 2 aromatic carbocycles. The molecule has 3 heteroatoms. The molecular weight excluding hydrogens is 344 g/mol. The van der Waals surface area contributed by atoms with Gasteiger partial charge in [0, 0.05) is 36.8 Å². The lowest BCUT2D eigenvalue weighted by molar-refractivity contribution is -0.141. The van der Waals surface area contributed by atoms with Gasteiger partial charge in [-0.15, -0.1) is 0 Å². The van der Waals surface area contributed by atoms with E-state index < -0.39 is 5.41 Å². The molecule has 3 rings (SSSR count). The number of nitrogens with zero attached hydrogens (tertiary/aromatic N) is 2. The zero-order valence-corrected chi connectivity index (χ0v) is 16.7. The molecule has 28 heavy (non-hydrogen) atoms. The van der Waals surface area contributed by atoms with E-state index in [0.717, 1.165) is 24.1 Å². The molecular formula is C25H28N2O. The summed E-state index contributed by atoms with van der Waals surface area (Å²) in [7, 11) is 0. The Labute approximate surface area is 168 Å². The van der Waals surface area contributed by atoms with Crippen LogP contribution in [0.3, 0.4) is 0 Å². The Hall–Kier alpha value is -2.94. The predicted molar refractivity (Wildman–Crippen MR) is 114 cm³/mol. The van der Waals surface area contributed by atoms with E-state index >= 15 is 0 Å². The van der Waals surface area contributed by atoms with Crippen LogP contribution in [0.2, 0.25) is 0 Å². The normalized spacial score (nSPS) is 11.2. The van der Waals surface area contributed by atoms with Gasteiger partial charge in [0.1, 0.15) is 0 Å². The highest BCUT2D eigenvalue weighted by atomic mass is 16.2. The van der Waals surface area contributed by atoms with E-state index in [0.29, 0.717) is 13.1 Å². The standard InChI is InChI=1S/C25H28N2O/c1-25(2,19-21-11-5-3-6-12-21)24(28)27(20-22-13-7-4-8-14-22)18-16-23-15-9-10-17-26-23/h3-15,17H,16,18-20H2,1-2H3. The van der Waals surface area contributed by atoms with Crippen molar-refractivity contribution in [3.8, 4) is 0 Å². The second-order valence-corrected chi connectivity index (χ2v) is 7.83. The number of hydrogen-bond donors (Lipinski definition) is 0. The monoisotopic (exact) mass is 372 g/mol. The number of hydrogen-bond acceptors (Lipinski definition) is 2. The van der Waals surface area contributed by atoms with Crippen LogP contribution in [0, 0.1) is 5.41 Å². The summed E-state index contributed by atoms with van der Waals surface area (Å²) < 4.78 is 0. The van der Waals surface area contributed by atoms with Gasteiger partial charge in [-0.1, -0.05) is 80.6 Å². The van der Waals surface area contributed by atoms with Crippen LogP contribution in [0.1, 0.15) is 30.7 Å². The fourth-order valence-electron chi connectivity index (χ4n) is 3.46. The summed E-state index contributed by atoms with van der Waals surface area (Å²) >= 11 is 0. The minimum Gasteiger partial charge on any atom is -0.338 e. The minimum atomic E-state index is -0.472. The summed E-state index contributed by atoms with van der Waals surface area (Å²) in [6.07, 6.45) is 3.28. The summed E-state index contributed by atoms with van der Waals surface area (Å²) in [6, 6.07) is 26.3. The maximum absolute atomic E-state index is 13.5. The van der Waals surface area contributed by atoms with Gasteiger partial charge < -0.3 is 4.90 Å². The second kappa shape index (κ2) is 9.32. The van der Waals surface area contributed by atoms with Crippen molar-refractivity contribution in [2.45, 2.75) is 33.2 Å². The van der Waals surface area contributed by atoms with Gasteiger partial charge in [0.2, 0.25) is 5.91 Å². The zero-order chi connectivity index (χ0) is 19.8. The molecule has 0 saturated carbocycles. The predicted octanol–water partition coefficient (Wildman–Crippen LogP) is 4.92. The molecule has 0 aliphatic heterocycles. The second-order valence-electron chi connectivity index (χ2n) is 7.83. The van der Waals surface area contributed by atoms with E-state index in [1.54, 1.807) is 6.20 Å². The Morgan fingerprint density at radius 1 is 0.857 bits per heavy atom. The van der Waals surface area contributed by atoms with Crippen LogP contribution in [-0.2, 0) is 24.2 Å². The van der Waals surface area contributed by atoms with E-state index in [1.165, 1.54) is 5.56 Å². The molecule has 0 N–H and O–H groups in total. The average Bonchev–Trinajstić information content (AvgIpc) is 2.72. The van der Waals surface area contributed by atoms with Gasteiger partial charge in [-0.25, -0.2) is 0 Å². The summed E-state index contributed by atoms with van der Waals surface area (Å²) in [4.78, 5) is 19.9. The summed E-state index contributed by atoms with van der Waals surface area (Å²) in [5, 5.41) is 0. The molecule has 0 radical (unpaired) electrons. The van der Waals surface area contributed by atoms with Gasteiger partial charge in [0.05, 0.1) is 0 Å². The number of benzene rings is 2. The molecule has 1 aromatic heterocycles. The van der Waals surface area contributed by atoms with Gasteiger partial charge in [-0.3, -0.25) is 9.78 Å². The summed E-state index contributed by atoms with van der Waals surface area (Å²) in [5.41, 5.74) is 2.87. The van der Waals surface area contributed by atoms with Crippen LogP contribution in [0.15, 0.2) is 85.1 Å². The van der Waals surface area contributed by atoms with Gasteiger partial charge >= 0.3 is 0 Å². The maximum atomic E-state index is 13.5. The van der Waals surface area contributed by atoms with Crippen molar-refractivity contribution < 1.29 is 4.79 Å². The van der Waals surface area contributed by atoms with Crippen molar-refractivity contribution in [3.05, 3.63) is 102 Å². The van der Waals surface area contributed by atoms with Crippen molar-refractivity contribution in [1.29, 1.82) is 0 Å². The summed E-state index contributed by atoms with van der Waals surface area (Å²) in [6.45, 7) is 5.36. The maximum Gasteiger partial charge on any atom is 0.228 e. The number of rotatable bonds is 8.